The summed E-state index contributed by atoms with van der Waals surface area (Å²) < 4.78 is 5.53. The van der Waals surface area contributed by atoms with Gasteiger partial charge in [-0.1, -0.05) is 17.7 Å². The van der Waals surface area contributed by atoms with E-state index in [-0.39, 0.29) is 11.4 Å². The Morgan fingerprint density at radius 2 is 1.83 bits per heavy atom. The zero-order chi connectivity index (χ0) is 13.1. The van der Waals surface area contributed by atoms with E-state index in [0.29, 0.717) is 11.4 Å². The molecule has 1 N–H and O–H groups in total. The van der Waals surface area contributed by atoms with Crippen LogP contribution in [0.15, 0.2) is 36.4 Å². The number of hydrogen-bond donors (Lipinski definition) is 1. The number of carboxylic acid groups (broad SMARTS) is 1. The van der Waals surface area contributed by atoms with Crippen molar-refractivity contribution in [3.8, 4) is 11.6 Å². The lowest BCUT2D eigenvalue weighted by atomic mass is 10.2. The number of aromatic carboxylic acids is 1. The summed E-state index contributed by atoms with van der Waals surface area (Å²) in [6.45, 7) is 3.71. The topological polar surface area (TPSA) is 59.4 Å². The minimum absolute atomic E-state index is 0.171. The van der Waals surface area contributed by atoms with Gasteiger partial charge in [-0.15, -0.1) is 0 Å². The number of aromatic nitrogens is 1. The van der Waals surface area contributed by atoms with Gasteiger partial charge in [0.1, 0.15) is 5.75 Å². The largest absolute Gasteiger partial charge is 0.478 e. The van der Waals surface area contributed by atoms with Crippen LogP contribution in [-0.2, 0) is 0 Å². The first-order valence-corrected chi connectivity index (χ1v) is 5.51. The molecule has 4 nitrogen and oxygen atoms in total. The van der Waals surface area contributed by atoms with E-state index in [1.54, 1.807) is 6.92 Å². The lowest BCUT2D eigenvalue weighted by Crippen LogP contribution is -1.99. The summed E-state index contributed by atoms with van der Waals surface area (Å²) in [6.07, 6.45) is 0. The van der Waals surface area contributed by atoms with Crippen molar-refractivity contribution in [1.82, 2.24) is 4.98 Å². The van der Waals surface area contributed by atoms with Crippen LogP contribution in [0.1, 0.15) is 21.6 Å². The average molecular weight is 243 g/mol. The van der Waals surface area contributed by atoms with Crippen molar-refractivity contribution in [3.63, 3.8) is 0 Å². The molecule has 0 aliphatic carbocycles. The van der Waals surface area contributed by atoms with Gasteiger partial charge in [0.25, 0.3) is 0 Å². The SMILES string of the molecule is Cc1ccc(Oc2cc(C(=O)O)cc(C)n2)cc1. The van der Waals surface area contributed by atoms with E-state index in [1.807, 2.05) is 31.2 Å². The molecule has 0 amide bonds. The molecule has 1 heterocycles. The zero-order valence-corrected chi connectivity index (χ0v) is 10.2. The maximum absolute atomic E-state index is 10.9. The zero-order valence-electron chi connectivity index (χ0n) is 10.2. The number of benzene rings is 1. The highest BCUT2D eigenvalue weighted by molar-refractivity contribution is 5.88. The van der Waals surface area contributed by atoms with E-state index in [4.69, 9.17) is 9.84 Å². The first-order chi connectivity index (χ1) is 8.54. The van der Waals surface area contributed by atoms with Crippen molar-refractivity contribution in [3.05, 3.63) is 53.2 Å². The van der Waals surface area contributed by atoms with E-state index >= 15 is 0 Å². The second-order valence-corrected chi connectivity index (χ2v) is 4.06. The molecule has 0 saturated carbocycles. The number of hydrogen-bond acceptors (Lipinski definition) is 3. The number of nitrogens with zero attached hydrogens (tertiary/aromatic N) is 1. The Morgan fingerprint density at radius 3 is 2.44 bits per heavy atom. The Hall–Kier alpha value is -2.36. The molecule has 0 unspecified atom stereocenters. The highest BCUT2D eigenvalue weighted by Gasteiger charge is 2.08. The Balaban J connectivity index is 2.28. The van der Waals surface area contributed by atoms with Crippen LogP contribution in [0.25, 0.3) is 0 Å². The second kappa shape index (κ2) is 4.87. The van der Waals surface area contributed by atoms with Crippen molar-refractivity contribution >= 4 is 5.97 Å². The second-order valence-electron chi connectivity index (χ2n) is 4.06. The van der Waals surface area contributed by atoms with Crippen LogP contribution in [0.3, 0.4) is 0 Å². The van der Waals surface area contributed by atoms with Crippen LogP contribution in [0, 0.1) is 13.8 Å². The van der Waals surface area contributed by atoms with Gasteiger partial charge in [-0.25, -0.2) is 9.78 Å². The molecule has 0 radical (unpaired) electrons. The van der Waals surface area contributed by atoms with Crippen LogP contribution in [0.2, 0.25) is 0 Å². The Morgan fingerprint density at radius 1 is 1.17 bits per heavy atom. The molecule has 4 heteroatoms. The van der Waals surface area contributed by atoms with Crippen LogP contribution < -0.4 is 4.74 Å². The van der Waals surface area contributed by atoms with Gasteiger partial charge >= 0.3 is 5.97 Å². The first kappa shape index (κ1) is 12.1. The van der Waals surface area contributed by atoms with E-state index < -0.39 is 5.97 Å². The van der Waals surface area contributed by atoms with Gasteiger partial charge in [0.15, 0.2) is 0 Å². The van der Waals surface area contributed by atoms with E-state index in [1.165, 1.54) is 12.1 Å². The molecular formula is C14H13NO3. The van der Waals surface area contributed by atoms with Crippen molar-refractivity contribution in [2.45, 2.75) is 13.8 Å². The van der Waals surface area contributed by atoms with Gasteiger partial charge in [-0.3, -0.25) is 0 Å². The van der Waals surface area contributed by atoms with Gasteiger partial charge < -0.3 is 9.84 Å². The smallest absolute Gasteiger partial charge is 0.335 e. The maximum atomic E-state index is 10.9. The highest BCUT2D eigenvalue weighted by atomic mass is 16.5. The van der Waals surface area contributed by atoms with Gasteiger partial charge in [-0.05, 0) is 32.0 Å². The molecule has 1 aromatic carbocycles. The predicted octanol–water partition coefficient (Wildman–Crippen LogP) is 3.19. The van der Waals surface area contributed by atoms with E-state index in [0.717, 1.165) is 5.56 Å². The minimum Gasteiger partial charge on any atom is -0.478 e. The number of carboxylic acids is 1. The highest BCUT2D eigenvalue weighted by Crippen LogP contribution is 2.21. The van der Waals surface area contributed by atoms with Crippen molar-refractivity contribution in [1.29, 1.82) is 0 Å². The molecular weight excluding hydrogens is 230 g/mol. The van der Waals surface area contributed by atoms with E-state index in [2.05, 4.69) is 4.98 Å². The molecule has 0 aliphatic heterocycles. The van der Waals surface area contributed by atoms with Crippen LogP contribution in [-0.4, -0.2) is 16.1 Å². The Kier molecular flexibility index (Phi) is 3.28. The summed E-state index contributed by atoms with van der Waals surface area (Å²) in [7, 11) is 0. The molecule has 0 saturated heterocycles. The average Bonchev–Trinajstić information content (AvgIpc) is 2.31. The summed E-state index contributed by atoms with van der Waals surface area (Å²) in [4.78, 5) is 15.1. The third-order valence-electron chi connectivity index (χ3n) is 2.42. The normalized spacial score (nSPS) is 10.1. The van der Waals surface area contributed by atoms with Gasteiger partial charge in [0.05, 0.1) is 5.56 Å². The Bertz CT molecular complexity index is 576. The molecule has 1 aromatic heterocycles. The molecule has 2 aromatic rings. The third kappa shape index (κ3) is 2.85. The van der Waals surface area contributed by atoms with E-state index in [9.17, 15) is 4.79 Å². The summed E-state index contributed by atoms with van der Waals surface area (Å²) in [5.41, 5.74) is 1.91. The number of aryl methyl sites for hydroxylation is 2. The Labute approximate surface area is 105 Å². The summed E-state index contributed by atoms with van der Waals surface area (Å²) >= 11 is 0. The fraction of sp³-hybridized carbons (Fsp3) is 0.143. The van der Waals surface area contributed by atoms with Gasteiger partial charge in [-0.2, -0.15) is 0 Å². The number of pyridine rings is 1. The standard InChI is InChI=1S/C14H13NO3/c1-9-3-5-12(6-4-9)18-13-8-11(14(16)17)7-10(2)15-13/h3-8H,1-2H3,(H,16,17). The molecule has 0 atom stereocenters. The molecule has 92 valence electrons. The summed E-state index contributed by atoms with van der Waals surface area (Å²) in [6, 6.07) is 10.4. The van der Waals surface area contributed by atoms with Gasteiger partial charge in [0.2, 0.25) is 5.88 Å². The summed E-state index contributed by atoms with van der Waals surface area (Å²) in [5, 5.41) is 8.95. The molecule has 18 heavy (non-hydrogen) atoms. The van der Waals surface area contributed by atoms with Gasteiger partial charge in [0, 0.05) is 11.8 Å². The quantitative estimate of drug-likeness (QED) is 0.899. The molecule has 2 rings (SSSR count). The molecule has 0 bridgehead atoms. The summed E-state index contributed by atoms with van der Waals surface area (Å²) in [5.74, 6) is -0.0689. The monoisotopic (exact) mass is 243 g/mol. The number of ether oxygens (including phenoxy) is 1. The molecule has 0 fully saturated rings. The molecule has 0 spiro atoms. The maximum Gasteiger partial charge on any atom is 0.335 e. The van der Waals surface area contributed by atoms with Crippen LogP contribution in [0.5, 0.6) is 11.6 Å². The lowest BCUT2D eigenvalue weighted by Gasteiger charge is -2.06. The predicted molar refractivity (Wildman–Crippen MR) is 67.2 cm³/mol. The van der Waals surface area contributed by atoms with Crippen molar-refractivity contribution < 1.29 is 14.6 Å². The molecule has 0 aliphatic rings. The first-order valence-electron chi connectivity index (χ1n) is 5.51. The fourth-order valence-electron chi connectivity index (χ4n) is 1.54. The van der Waals surface area contributed by atoms with Crippen molar-refractivity contribution in [2.24, 2.45) is 0 Å². The van der Waals surface area contributed by atoms with Crippen LogP contribution >= 0.6 is 0 Å². The lowest BCUT2D eigenvalue weighted by molar-refractivity contribution is 0.0696. The van der Waals surface area contributed by atoms with Crippen molar-refractivity contribution in [2.75, 3.05) is 0 Å². The fourth-order valence-corrected chi connectivity index (χ4v) is 1.54. The minimum atomic E-state index is -0.991. The van der Waals surface area contributed by atoms with Crippen LogP contribution in [0.4, 0.5) is 0 Å². The number of carbonyl (C=O) groups is 1. The number of rotatable bonds is 3. The third-order valence-corrected chi connectivity index (χ3v) is 2.42.